The molecular formula is C20H17N5O5S. The molecule has 0 unspecified atom stereocenters. The molecule has 0 saturated carbocycles. The summed E-state index contributed by atoms with van der Waals surface area (Å²) in [6.07, 6.45) is 2.61. The maximum absolute atomic E-state index is 13.3. The monoisotopic (exact) mass is 439 g/mol. The van der Waals surface area contributed by atoms with Gasteiger partial charge >= 0.3 is 5.69 Å². The third kappa shape index (κ3) is 4.16. The van der Waals surface area contributed by atoms with Crippen LogP contribution >= 0.6 is 0 Å². The molecular weight excluding hydrogens is 422 g/mol. The number of hydrogen-bond acceptors (Lipinski definition) is 6. The Labute approximate surface area is 176 Å². The number of aromatic nitrogens is 3. The molecule has 0 radical (unpaired) electrons. The predicted molar refractivity (Wildman–Crippen MR) is 116 cm³/mol. The van der Waals surface area contributed by atoms with E-state index in [1.165, 1.54) is 27.3 Å². The molecule has 4 rings (SSSR count). The minimum Gasteiger partial charge on any atom is -0.286 e. The number of fused-ring (bicyclic) bond motifs is 1. The summed E-state index contributed by atoms with van der Waals surface area (Å²) in [4.78, 5) is 28.2. The minimum absolute atomic E-state index is 0.129. The topological polar surface area (TPSA) is 129 Å². The number of nitro groups is 1. The Morgan fingerprint density at radius 1 is 1.10 bits per heavy atom. The van der Waals surface area contributed by atoms with Gasteiger partial charge in [-0.1, -0.05) is 18.2 Å². The summed E-state index contributed by atoms with van der Waals surface area (Å²) in [5.74, 6) is 0. The largest absolute Gasteiger partial charge is 0.335 e. The average molecular weight is 439 g/mol. The fourth-order valence-electron chi connectivity index (χ4n) is 3.29. The molecule has 0 fully saturated rings. The second-order valence-corrected chi connectivity index (χ2v) is 8.65. The van der Waals surface area contributed by atoms with Gasteiger partial charge in [0.25, 0.3) is 5.69 Å². The Bertz CT molecular complexity index is 1460. The molecule has 0 aliphatic heterocycles. The van der Waals surface area contributed by atoms with Crippen molar-refractivity contribution in [3.8, 4) is 5.69 Å². The number of non-ortho nitro benzene ring substituents is 1. The van der Waals surface area contributed by atoms with Crippen molar-refractivity contribution in [2.24, 2.45) is 0 Å². The standard InChI is InChI=1S/C20H17N5O5S/c1-31(29,30)22-15-9-7-14(8-10-15)13-23-18-6-3-11-21-19(18)24(20(23)26)16-4-2-5-17(12-16)25(27)28/h2-12,22H,13H2,1H3. The number of nitrogens with zero attached hydrogens (tertiary/aromatic N) is 4. The summed E-state index contributed by atoms with van der Waals surface area (Å²) in [6.45, 7) is 0.210. The summed E-state index contributed by atoms with van der Waals surface area (Å²) in [5, 5.41) is 11.1. The highest BCUT2D eigenvalue weighted by molar-refractivity contribution is 7.92. The molecule has 0 spiro atoms. The molecule has 0 aliphatic rings. The van der Waals surface area contributed by atoms with Crippen LogP contribution in [0.2, 0.25) is 0 Å². The first-order valence-electron chi connectivity index (χ1n) is 9.11. The third-order valence-corrected chi connectivity index (χ3v) is 5.19. The van der Waals surface area contributed by atoms with E-state index in [1.54, 1.807) is 48.7 Å². The van der Waals surface area contributed by atoms with Crippen molar-refractivity contribution in [3.63, 3.8) is 0 Å². The van der Waals surface area contributed by atoms with E-state index in [-0.39, 0.29) is 12.2 Å². The van der Waals surface area contributed by atoms with Crippen molar-refractivity contribution in [2.75, 3.05) is 11.0 Å². The van der Waals surface area contributed by atoms with Crippen LogP contribution in [-0.4, -0.2) is 33.7 Å². The zero-order valence-electron chi connectivity index (χ0n) is 16.3. The zero-order valence-corrected chi connectivity index (χ0v) is 17.1. The molecule has 0 bridgehead atoms. The van der Waals surface area contributed by atoms with Crippen molar-refractivity contribution < 1.29 is 13.3 Å². The molecule has 4 aromatic rings. The average Bonchev–Trinajstić information content (AvgIpc) is 3.00. The lowest BCUT2D eigenvalue weighted by Crippen LogP contribution is -2.23. The van der Waals surface area contributed by atoms with E-state index in [9.17, 15) is 23.3 Å². The van der Waals surface area contributed by atoms with Gasteiger partial charge in [0.05, 0.1) is 28.9 Å². The summed E-state index contributed by atoms with van der Waals surface area (Å²) < 4.78 is 28.0. The van der Waals surface area contributed by atoms with Crippen LogP contribution in [0.3, 0.4) is 0 Å². The highest BCUT2D eigenvalue weighted by Gasteiger charge is 2.17. The number of benzene rings is 2. The summed E-state index contributed by atoms with van der Waals surface area (Å²) in [6, 6.07) is 15.9. The zero-order chi connectivity index (χ0) is 22.2. The Hall–Kier alpha value is -3.99. The van der Waals surface area contributed by atoms with E-state index < -0.39 is 20.6 Å². The van der Waals surface area contributed by atoms with E-state index in [1.807, 2.05) is 0 Å². The lowest BCUT2D eigenvalue weighted by molar-refractivity contribution is -0.384. The molecule has 0 saturated heterocycles. The molecule has 2 aromatic heterocycles. The number of nitro benzene ring substituents is 1. The van der Waals surface area contributed by atoms with Gasteiger partial charge in [0, 0.05) is 24.0 Å². The molecule has 31 heavy (non-hydrogen) atoms. The smallest absolute Gasteiger partial charge is 0.286 e. The fourth-order valence-corrected chi connectivity index (χ4v) is 3.86. The second kappa shape index (κ2) is 7.69. The number of pyridine rings is 1. The van der Waals surface area contributed by atoms with E-state index in [2.05, 4.69) is 9.71 Å². The van der Waals surface area contributed by atoms with Gasteiger partial charge in [-0.25, -0.2) is 22.8 Å². The lowest BCUT2D eigenvalue weighted by atomic mass is 10.2. The van der Waals surface area contributed by atoms with E-state index in [0.717, 1.165) is 11.8 Å². The summed E-state index contributed by atoms with van der Waals surface area (Å²) >= 11 is 0. The molecule has 1 N–H and O–H groups in total. The molecule has 0 amide bonds. The Balaban J connectivity index is 1.78. The Morgan fingerprint density at radius 2 is 1.84 bits per heavy atom. The highest BCUT2D eigenvalue weighted by atomic mass is 32.2. The van der Waals surface area contributed by atoms with E-state index >= 15 is 0 Å². The highest BCUT2D eigenvalue weighted by Crippen LogP contribution is 2.21. The molecule has 2 heterocycles. The number of nitrogens with one attached hydrogen (secondary N) is 1. The van der Waals surface area contributed by atoms with E-state index in [0.29, 0.717) is 22.5 Å². The first-order chi connectivity index (χ1) is 14.7. The van der Waals surface area contributed by atoms with Crippen molar-refractivity contribution in [3.05, 3.63) is 93.0 Å². The van der Waals surface area contributed by atoms with Crippen LogP contribution in [0.1, 0.15) is 5.56 Å². The minimum atomic E-state index is -3.39. The van der Waals surface area contributed by atoms with Crippen molar-refractivity contribution in [1.82, 2.24) is 14.1 Å². The van der Waals surface area contributed by atoms with Crippen LogP contribution in [0.4, 0.5) is 11.4 Å². The van der Waals surface area contributed by atoms with Crippen molar-refractivity contribution >= 4 is 32.6 Å². The van der Waals surface area contributed by atoms with Crippen LogP contribution in [-0.2, 0) is 16.6 Å². The van der Waals surface area contributed by atoms with Crippen molar-refractivity contribution in [2.45, 2.75) is 6.54 Å². The van der Waals surface area contributed by atoms with Gasteiger partial charge in [0.15, 0.2) is 5.65 Å². The normalized spacial score (nSPS) is 11.5. The predicted octanol–water partition coefficient (Wildman–Crippen LogP) is 2.52. The summed E-state index contributed by atoms with van der Waals surface area (Å²) in [7, 11) is -3.39. The molecule has 158 valence electrons. The Kier molecular flexibility index (Phi) is 5.03. The van der Waals surface area contributed by atoms with Crippen LogP contribution in [0, 0.1) is 10.1 Å². The second-order valence-electron chi connectivity index (χ2n) is 6.90. The molecule has 2 aromatic carbocycles. The number of hydrogen-bond donors (Lipinski definition) is 1. The summed E-state index contributed by atoms with van der Waals surface area (Å²) in [5.41, 5.74) is 1.94. The van der Waals surface area contributed by atoms with Crippen LogP contribution in [0.5, 0.6) is 0 Å². The molecule has 10 nitrogen and oxygen atoms in total. The van der Waals surface area contributed by atoms with Gasteiger partial charge in [-0.3, -0.25) is 19.4 Å². The first kappa shape index (κ1) is 20.3. The number of rotatable bonds is 6. The number of imidazole rings is 1. The SMILES string of the molecule is CS(=O)(=O)Nc1ccc(Cn2c(=O)n(-c3cccc([N+](=O)[O-])c3)c3ncccc32)cc1. The molecule has 0 aliphatic carbocycles. The number of sulfonamides is 1. The van der Waals surface area contributed by atoms with Crippen molar-refractivity contribution in [1.29, 1.82) is 0 Å². The van der Waals surface area contributed by atoms with Gasteiger partial charge in [0.1, 0.15) is 0 Å². The maximum atomic E-state index is 13.3. The Morgan fingerprint density at radius 3 is 2.52 bits per heavy atom. The third-order valence-electron chi connectivity index (χ3n) is 4.59. The van der Waals surface area contributed by atoms with Gasteiger partial charge < -0.3 is 0 Å². The molecule has 11 heteroatoms. The first-order valence-corrected chi connectivity index (χ1v) is 11.0. The van der Waals surface area contributed by atoms with Crippen LogP contribution in [0.15, 0.2) is 71.7 Å². The van der Waals surface area contributed by atoms with Gasteiger partial charge in [-0.2, -0.15) is 0 Å². The van der Waals surface area contributed by atoms with Gasteiger partial charge in [0.2, 0.25) is 10.0 Å². The van der Waals surface area contributed by atoms with E-state index in [4.69, 9.17) is 0 Å². The van der Waals surface area contributed by atoms with Crippen LogP contribution < -0.4 is 10.4 Å². The fraction of sp³-hybridized carbons (Fsp3) is 0.100. The van der Waals surface area contributed by atoms with Gasteiger partial charge in [-0.05, 0) is 35.9 Å². The quantitative estimate of drug-likeness (QED) is 0.363. The van der Waals surface area contributed by atoms with Crippen LogP contribution in [0.25, 0.3) is 16.9 Å². The molecule has 0 atom stereocenters. The lowest BCUT2D eigenvalue weighted by Gasteiger charge is -2.07. The maximum Gasteiger partial charge on any atom is 0.335 e. The van der Waals surface area contributed by atoms with Gasteiger partial charge in [-0.15, -0.1) is 0 Å². The number of anilines is 1.